The molecule has 0 unspecified atom stereocenters. The van der Waals surface area contributed by atoms with Crippen LogP contribution >= 0.6 is 0 Å². The Balaban J connectivity index is 0. The molecule has 4 heteroatoms. The van der Waals surface area contributed by atoms with Crippen molar-refractivity contribution in [3.63, 3.8) is 0 Å². The molecule has 0 saturated heterocycles. The fraction of sp³-hybridized carbons (Fsp3) is 0. The van der Waals surface area contributed by atoms with Gasteiger partial charge in [0.05, 0.1) is 0 Å². The summed E-state index contributed by atoms with van der Waals surface area (Å²) in [6.07, 6.45) is 0. The van der Waals surface area contributed by atoms with E-state index in [4.69, 9.17) is 0 Å². The van der Waals surface area contributed by atoms with E-state index in [0.29, 0.717) is 0 Å². The summed E-state index contributed by atoms with van der Waals surface area (Å²) in [5, 5.41) is 0. The van der Waals surface area contributed by atoms with Gasteiger partial charge in [-0.15, -0.1) is 0 Å². The molecule has 0 aliphatic heterocycles. The molecule has 0 aromatic rings. The van der Waals surface area contributed by atoms with Gasteiger partial charge in [-0.25, -0.2) is 0 Å². The fourth-order valence-electron chi connectivity index (χ4n) is 0. The molecule has 0 heterocycles. The number of rotatable bonds is 0. The van der Waals surface area contributed by atoms with Crippen LogP contribution in [0.15, 0.2) is 0 Å². The second-order valence-corrected chi connectivity index (χ2v) is 0. The van der Waals surface area contributed by atoms with Gasteiger partial charge >= 0.3 is 34.7 Å². The van der Waals surface area contributed by atoms with E-state index in [1.54, 1.807) is 0 Å². The summed E-state index contributed by atoms with van der Waals surface area (Å²) in [4.78, 5) is 0. The van der Waals surface area contributed by atoms with Gasteiger partial charge in [0.2, 0.25) is 0 Å². The molecule has 4 heavy (non-hydrogen) atoms. The van der Waals surface area contributed by atoms with E-state index < -0.39 is 0 Å². The van der Waals surface area contributed by atoms with Gasteiger partial charge in [-0.1, -0.05) is 0 Å². The minimum atomic E-state index is 0. The predicted molar refractivity (Wildman–Crippen MR) is 20.6 cm³/mol. The van der Waals surface area contributed by atoms with E-state index >= 15 is 0 Å². The number of nitrogens with zero attached hydrogens (tertiary/aromatic N) is 1. The van der Waals surface area contributed by atoms with Crippen molar-refractivity contribution in [2.24, 2.45) is 0 Å². The average molecular weight is 143 g/mol. The van der Waals surface area contributed by atoms with E-state index in [1.807, 2.05) is 0 Å². The van der Waals surface area contributed by atoms with Crippen molar-refractivity contribution in [3.05, 3.63) is 6.15 Å². The van der Waals surface area contributed by atoms with E-state index in [-0.39, 0.29) is 58.8 Å². The van der Waals surface area contributed by atoms with E-state index in [2.05, 4.69) is 0 Å². The van der Waals surface area contributed by atoms with Crippen molar-refractivity contribution in [2.45, 2.75) is 0 Å². The normalized spacial score (nSPS) is 0. The maximum absolute atomic E-state index is 0. The largest absolute Gasteiger partial charge is 3.00 e. The molecule has 0 spiro atoms. The zero-order valence-corrected chi connectivity index (χ0v) is 6.24. The van der Waals surface area contributed by atoms with Gasteiger partial charge in [-0.2, -0.15) is 0 Å². The number of hydrogen-bond acceptors (Lipinski definition) is 0. The summed E-state index contributed by atoms with van der Waals surface area (Å²) in [5.41, 5.74) is 0. The summed E-state index contributed by atoms with van der Waals surface area (Å²) in [6.45, 7) is 0. The van der Waals surface area contributed by atoms with Crippen molar-refractivity contribution in [2.75, 3.05) is 0 Å². The van der Waals surface area contributed by atoms with Crippen molar-refractivity contribution in [3.8, 4) is 0 Å². The fourth-order valence-corrected chi connectivity index (χ4v) is 0. The van der Waals surface area contributed by atoms with Crippen LogP contribution < -0.4 is 0 Å². The summed E-state index contributed by atoms with van der Waals surface area (Å²) >= 11 is 0. The van der Waals surface area contributed by atoms with Crippen LogP contribution in [0.2, 0.25) is 0 Å². The monoisotopic (exact) mass is 143 g/mol. The third kappa shape index (κ3) is 9.54. The van der Waals surface area contributed by atoms with Gasteiger partial charge in [-0.3, -0.25) is 0 Å². The molecule has 0 fully saturated rings. The van der Waals surface area contributed by atoms with Crippen LogP contribution in [0.5, 0.6) is 0 Å². The van der Waals surface area contributed by atoms with Crippen LogP contribution in [-0.2, 0) is 0 Å². The molecular weight excluding hydrogens is 143 g/mol. The molecule has 0 aliphatic rings. The van der Waals surface area contributed by atoms with Crippen LogP contribution in [0, 0.1) is 0 Å². The van der Waals surface area contributed by atoms with E-state index in [1.165, 1.54) is 0 Å². The number of hydrogen-bond donors (Lipinski definition) is 0. The minimum absolute atomic E-state index is 0. The third-order valence-electron chi connectivity index (χ3n) is 0. The standard InChI is InChI=1S/2Al.As.N/q2*+3;2*-3. The Hall–Kier alpha value is 1.58. The van der Waals surface area contributed by atoms with E-state index in [9.17, 15) is 0 Å². The summed E-state index contributed by atoms with van der Waals surface area (Å²) in [6, 6.07) is 0. The second-order valence-electron chi connectivity index (χ2n) is 0. The molecule has 0 aliphatic carbocycles. The van der Waals surface area contributed by atoms with Gasteiger partial charge in [0.25, 0.3) is 0 Å². The Morgan fingerprint density at radius 1 is 0.750 bits per heavy atom. The molecular formula is Al2AsN. The smallest absolute Gasteiger partial charge is 3.00 e. The van der Waals surface area contributed by atoms with E-state index in [0.717, 1.165) is 0 Å². The van der Waals surface area contributed by atoms with Crippen molar-refractivity contribution >= 4 is 52.7 Å². The maximum Gasteiger partial charge on any atom is 3.00 e. The maximum atomic E-state index is 0. The third-order valence-corrected chi connectivity index (χ3v) is 0. The first-order valence-electron chi connectivity index (χ1n) is 0. The van der Waals surface area contributed by atoms with Gasteiger partial charge in [-0.05, 0) is 0 Å². The molecule has 0 saturated carbocycles. The van der Waals surface area contributed by atoms with Gasteiger partial charge in [0.1, 0.15) is 0 Å². The molecule has 0 bridgehead atoms. The molecule has 0 rings (SSSR count). The zero-order valence-electron chi connectivity index (χ0n) is 2.05. The molecule has 0 atom stereocenters. The minimum Gasteiger partial charge on any atom is -3.00 e. The Bertz CT molecular complexity index is 6.00. The Morgan fingerprint density at radius 3 is 0.750 bits per heavy atom. The Kier molecular flexibility index (Phi) is 275. The van der Waals surface area contributed by atoms with Gasteiger partial charge < -0.3 is 24.1 Å². The van der Waals surface area contributed by atoms with Crippen molar-refractivity contribution in [1.29, 1.82) is 0 Å². The van der Waals surface area contributed by atoms with Crippen molar-refractivity contribution in [1.82, 2.24) is 0 Å². The first-order chi connectivity index (χ1) is 0. The van der Waals surface area contributed by atoms with Crippen LogP contribution in [0.25, 0.3) is 6.15 Å². The van der Waals surface area contributed by atoms with Crippen LogP contribution in [0.3, 0.4) is 0 Å². The summed E-state index contributed by atoms with van der Waals surface area (Å²) in [5.74, 6) is 0. The van der Waals surface area contributed by atoms with Crippen molar-refractivity contribution < 1.29 is 0 Å². The molecule has 0 amide bonds. The first kappa shape index (κ1) is 46.8. The molecule has 16 valence electrons. The molecule has 0 aromatic heterocycles. The predicted octanol–water partition coefficient (Wildman–Crippen LogP) is -0.854. The molecule has 1 nitrogen and oxygen atoms in total. The SMILES string of the molecule is [Al+3].[Al+3].[As-3].[N-3]. The summed E-state index contributed by atoms with van der Waals surface area (Å²) < 4.78 is 0. The molecule has 0 aromatic carbocycles. The molecule has 0 N–H and O–H groups in total. The summed E-state index contributed by atoms with van der Waals surface area (Å²) in [7, 11) is 0. The average Bonchev–Trinajstić information content (AvgIpc) is 0. The quantitative estimate of drug-likeness (QED) is 0.395. The van der Waals surface area contributed by atoms with Crippen LogP contribution in [0.1, 0.15) is 0 Å². The first-order valence-corrected chi connectivity index (χ1v) is 0. The Morgan fingerprint density at radius 2 is 0.750 bits per heavy atom. The van der Waals surface area contributed by atoms with Crippen LogP contribution in [0.4, 0.5) is 0 Å². The second kappa shape index (κ2) is 23.5. The topological polar surface area (TPSA) is 30.5 Å². The van der Waals surface area contributed by atoms with Gasteiger partial charge in [0.15, 0.2) is 0 Å². The van der Waals surface area contributed by atoms with Crippen LogP contribution in [-0.4, -0.2) is 52.7 Å². The zero-order chi connectivity index (χ0) is 0. The molecule has 0 radical (unpaired) electrons. The van der Waals surface area contributed by atoms with Gasteiger partial charge in [0, 0.05) is 0 Å². The Labute approximate surface area is 58.7 Å².